The fourth-order valence-corrected chi connectivity index (χ4v) is 5.14. The van der Waals surface area contributed by atoms with E-state index < -0.39 is 20.6 Å². The van der Waals surface area contributed by atoms with E-state index in [1.807, 2.05) is 18.2 Å². The topological polar surface area (TPSA) is 71.4 Å². The number of hydrogen-bond donors (Lipinski definition) is 1. The van der Waals surface area contributed by atoms with E-state index in [1.54, 1.807) is 20.8 Å². The molecule has 1 fully saturated rings. The lowest BCUT2D eigenvalue weighted by atomic mass is 9.80. The van der Waals surface area contributed by atoms with Crippen LogP contribution in [0.5, 0.6) is 0 Å². The van der Waals surface area contributed by atoms with Gasteiger partial charge in [0, 0.05) is 0 Å². The van der Waals surface area contributed by atoms with Crippen molar-refractivity contribution in [2.75, 3.05) is 5.75 Å². The average molecular weight is 381 g/mol. The first-order valence-electron chi connectivity index (χ1n) is 9.59. The molecule has 0 aromatic heterocycles. The first kappa shape index (κ1) is 20.9. The third-order valence-electron chi connectivity index (χ3n) is 5.54. The van der Waals surface area contributed by atoms with Gasteiger partial charge >= 0.3 is 5.97 Å². The molecule has 1 aliphatic rings. The molecule has 0 radical (unpaired) electrons. The second kappa shape index (κ2) is 8.55. The second-order valence-corrected chi connectivity index (χ2v) is 11.5. The highest BCUT2D eigenvalue weighted by Crippen LogP contribution is 2.34. The summed E-state index contributed by atoms with van der Waals surface area (Å²) in [5.41, 5.74) is 2.05. The van der Waals surface area contributed by atoms with Gasteiger partial charge in [-0.15, -0.1) is 0 Å². The second-order valence-electron chi connectivity index (χ2n) is 8.71. The van der Waals surface area contributed by atoms with E-state index in [9.17, 15) is 13.2 Å². The smallest absolute Gasteiger partial charge is 0.307 e. The number of aliphatic carboxylic acids is 1. The number of hydrogen-bond acceptors (Lipinski definition) is 3. The van der Waals surface area contributed by atoms with Crippen LogP contribution in [-0.2, 0) is 27.5 Å². The third-order valence-corrected chi connectivity index (χ3v) is 8.32. The monoisotopic (exact) mass is 380 g/mol. The van der Waals surface area contributed by atoms with Gasteiger partial charge in [0.25, 0.3) is 0 Å². The lowest BCUT2D eigenvalue weighted by Crippen LogP contribution is -2.34. The maximum Gasteiger partial charge on any atom is 0.307 e. The van der Waals surface area contributed by atoms with E-state index in [0.29, 0.717) is 17.6 Å². The van der Waals surface area contributed by atoms with Gasteiger partial charge in [0.05, 0.1) is 16.9 Å². The number of aryl methyl sites for hydroxylation is 1. The summed E-state index contributed by atoms with van der Waals surface area (Å²) in [6.07, 6.45) is 6.32. The molecule has 146 valence electrons. The van der Waals surface area contributed by atoms with Gasteiger partial charge in [0.15, 0.2) is 9.84 Å². The van der Waals surface area contributed by atoms with E-state index in [2.05, 4.69) is 6.07 Å². The van der Waals surface area contributed by atoms with Crippen molar-refractivity contribution < 1.29 is 18.3 Å². The first-order valence-corrected chi connectivity index (χ1v) is 11.2. The van der Waals surface area contributed by atoms with Crippen molar-refractivity contribution in [1.29, 1.82) is 0 Å². The van der Waals surface area contributed by atoms with Crippen LogP contribution in [0.4, 0.5) is 0 Å². The molecular weight excluding hydrogens is 348 g/mol. The molecule has 4 nitrogen and oxygen atoms in total. The molecule has 2 rings (SSSR count). The van der Waals surface area contributed by atoms with Crippen LogP contribution in [0.15, 0.2) is 24.3 Å². The molecule has 1 aromatic rings. The Hall–Kier alpha value is -1.36. The number of carboxylic acid groups (broad SMARTS) is 1. The molecule has 0 aliphatic heterocycles. The standard InChI is InChI=1S/C21H32O4S/c1-21(2,3)26(24,25)15-18-11-8-16(9-12-18)7-10-17-5-4-6-19(13-17)14-20(22)23/h4-6,13,16,18H,7-12,14-15H2,1-3H3,(H,22,23). The van der Waals surface area contributed by atoms with Gasteiger partial charge in [0.1, 0.15) is 0 Å². The zero-order chi connectivity index (χ0) is 19.4. The Morgan fingerprint density at radius 1 is 1.08 bits per heavy atom. The average Bonchev–Trinajstić information content (AvgIpc) is 2.52. The Bertz CT molecular complexity index is 708. The largest absolute Gasteiger partial charge is 0.481 e. The molecule has 1 aliphatic carbocycles. The van der Waals surface area contributed by atoms with Gasteiger partial charge in [-0.2, -0.15) is 0 Å². The van der Waals surface area contributed by atoms with Crippen LogP contribution in [0.2, 0.25) is 0 Å². The van der Waals surface area contributed by atoms with Crippen LogP contribution in [0, 0.1) is 11.8 Å². The summed E-state index contributed by atoms with van der Waals surface area (Å²) < 4.78 is 24.1. The maximum absolute atomic E-state index is 12.4. The lowest BCUT2D eigenvalue weighted by Gasteiger charge is -2.30. The van der Waals surface area contributed by atoms with E-state index in [-0.39, 0.29) is 6.42 Å². The maximum atomic E-state index is 12.4. The van der Waals surface area contributed by atoms with Crippen molar-refractivity contribution in [1.82, 2.24) is 0 Å². The summed E-state index contributed by atoms with van der Waals surface area (Å²) in [5.74, 6) is 0.465. The fraction of sp³-hybridized carbons (Fsp3) is 0.667. The van der Waals surface area contributed by atoms with Crippen LogP contribution in [-0.4, -0.2) is 30.0 Å². The van der Waals surface area contributed by atoms with E-state index in [0.717, 1.165) is 44.1 Å². The molecule has 5 heteroatoms. The molecule has 1 aromatic carbocycles. The minimum atomic E-state index is -3.03. The number of rotatable bonds is 7. The summed E-state index contributed by atoms with van der Waals surface area (Å²) >= 11 is 0. The quantitative estimate of drug-likeness (QED) is 0.767. The fourth-order valence-electron chi connectivity index (χ4n) is 3.69. The Kier molecular flexibility index (Phi) is 6.89. The Morgan fingerprint density at radius 2 is 1.65 bits per heavy atom. The van der Waals surface area contributed by atoms with Crippen LogP contribution in [0.3, 0.4) is 0 Å². The van der Waals surface area contributed by atoms with Crippen molar-refractivity contribution in [3.8, 4) is 0 Å². The summed E-state index contributed by atoms with van der Waals surface area (Å²) in [6, 6.07) is 7.85. The van der Waals surface area contributed by atoms with E-state index >= 15 is 0 Å². The van der Waals surface area contributed by atoms with Crippen molar-refractivity contribution in [3.63, 3.8) is 0 Å². The number of benzene rings is 1. The summed E-state index contributed by atoms with van der Waals surface area (Å²) in [5, 5.41) is 8.90. The van der Waals surface area contributed by atoms with Crippen molar-refractivity contribution >= 4 is 15.8 Å². The Morgan fingerprint density at radius 3 is 2.23 bits per heavy atom. The Balaban J connectivity index is 1.80. The van der Waals surface area contributed by atoms with E-state index in [1.165, 1.54) is 5.56 Å². The zero-order valence-corrected chi connectivity index (χ0v) is 17.0. The van der Waals surface area contributed by atoms with E-state index in [4.69, 9.17) is 5.11 Å². The van der Waals surface area contributed by atoms with Gasteiger partial charge in [-0.1, -0.05) is 37.1 Å². The zero-order valence-electron chi connectivity index (χ0n) is 16.2. The van der Waals surface area contributed by atoms with Gasteiger partial charge in [-0.05, 0) is 69.4 Å². The summed E-state index contributed by atoms with van der Waals surface area (Å²) in [6.45, 7) is 5.35. The molecule has 0 atom stereocenters. The van der Waals surface area contributed by atoms with Gasteiger partial charge in [0.2, 0.25) is 0 Å². The molecule has 0 spiro atoms. The molecule has 1 N–H and O–H groups in total. The molecule has 1 saturated carbocycles. The van der Waals surface area contributed by atoms with Crippen molar-refractivity contribution in [3.05, 3.63) is 35.4 Å². The first-order chi connectivity index (χ1) is 12.1. The van der Waals surface area contributed by atoms with Gasteiger partial charge in [-0.25, -0.2) is 8.42 Å². The molecule has 0 bridgehead atoms. The molecular formula is C21H32O4S. The highest BCUT2D eigenvalue weighted by atomic mass is 32.2. The number of sulfone groups is 1. The summed E-state index contributed by atoms with van der Waals surface area (Å²) in [4.78, 5) is 10.8. The molecule has 26 heavy (non-hydrogen) atoms. The minimum Gasteiger partial charge on any atom is -0.481 e. The predicted molar refractivity (Wildman–Crippen MR) is 105 cm³/mol. The number of carbonyl (C=O) groups is 1. The highest BCUT2D eigenvalue weighted by molar-refractivity contribution is 7.92. The Labute approximate surface area is 157 Å². The molecule has 0 saturated heterocycles. The van der Waals surface area contributed by atoms with Crippen molar-refractivity contribution in [2.24, 2.45) is 11.8 Å². The lowest BCUT2D eigenvalue weighted by molar-refractivity contribution is -0.136. The SMILES string of the molecule is CC(C)(C)S(=O)(=O)CC1CCC(CCc2cccc(CC(=O)O)c2)CC1. The summed E-state index contributed by atoms with van der Waals surface area (Å²) in [7, 11) is -3.03. The molecule has 0 heterocycles. The predicted octanol–water partition coefficient (Wildman–Crippen LogP) is 4.27. The highest BCUT2D eigenvalue weighted by Gasteiger charge is 2.33. The third kappa shape index (κ3) is 6.11. The van der Waals surface area contributed by atoms with Crippen LogP contribution < -0.4 is 0 Å². The van der Waals surface area contributed by atoms with Crippen LogP contribution >= 0.6 is 0 Å². The molecule has 0 unspecified atom stereocenters. The van der Waals surface area contributed by atoms with Gasteiger partial charge in [-0.3, -0.25) is 4.79 Å². The van der Waals surface area contributed by atoms with Crippen LogP contribution in [0.1, 0.15) is 64.0 Å². The van der Waals surface area contributed by atoms with Crippen molar-refractivity contribution in [2.45, 2.75) is 70.5 Å². The minimum absolute atomic E-state index is 0.0706. The van der Waals surface area contributed by atoms with Gasteiger partial charge < -0.3 is 5.11 Å². The van der Waals surface area contributed by atoms with Crippen LogP contribution in [0.25, 0.3) is 0 Å². The number of carboxylic acids is 1. The molecule has 0 amide bonds. The normalized spacial score (nSPS) is 21.5.